The zero-order chi connectivity index (χ0) is 37.8. The molecule has 0 atom stereocenters. The molecule has 11 rings (SSSR count). The monoisotopic (exact) mass is 743 g/mol. The molecule has 10 aromatic rings. The fourth-order valence-corrected chi connectivity index (χ4v) is 10.6. The summed E-state index contributed by atoms with van der Waals surface area (Å²) < 4.78 is 2.59. The van der Waals surface area contributed by atoms with Gasteiger partial charge in [0.15, 0.2) is 0 Å². The lowest BCUT2D eigenvalue weighted by atomic mass is 9.67. The van der Waals surface area contributed by atoms with Gasteiger partial charge in [0.05, 0.1) is 11.1 Å². The van der Waals surface area contributed by atoms with Crippen LogP contribution in [0.3, 0.4) is 0 Å². The summed E-state index contributed by atoms with van der Waals surface area (Å²) in [5, 5.41) is 2.59. The normalized spacial score (nSPS) is 12.7. The van der Waals surface area contributed by atoms with Gasteiger partial charge in [0.1, 0.15) is 0 Å². The largest absolute Gasteiger partial charge is 0.310 e. The van der Waals surface area contributed by atoms with Crippen molar-refractivity contribution in [3.05, 3.63) is 247 Å². The third-order valence-corrected chi connectivity index (χ3v) is 12.9. The summed E-state index contributed by atoms with van der Waals surface area (Å²) in [6.45, 7) is 0. The number of fused-ring (bicyclic) bond motifs is 6. The van der Waals surface area contributed by atoms with E-state index in [0.29, 0.717) is 0 Å². The van der Waals surface area contributed by atoms with Gasteiger partial charge in [0, 0.05) is 37.1 Å². The van der Waals surface area contributed by atoms with E-state index >= 15 is 0 Å². The lowest BCUT2D eigenvalue weighted by Gasteiger charge is -2.35. The van der Waals surface area contributed by atoms with E-state index in [4.69, 9.17) is 0 Å². The third kappa shape index (κ3) is 5.22. The molecule has 0 spiro atoms. The van der Waals surface area contributed by atoms with Gasteiger partial charge in [-0.1, -0.05) is 182 Å². The number of rotatable bonds is 7. The molecule has 1 aromatic heterocycles. The van der Waals surface area contributed by atoms with Crippen LogP contribution in [0.2, 0.25) is 0 Å². The topological polar surface area (TPSA) is 3.24 Å². The van der Waals surface area contributed by atoms with Crippen LogP contribution in [0.1, 0.15) is 22.3 Å². The van der Waals surface area contributed by atoms with Gasteiger partial charge in [-0.25, -0.2) is 0 Å². The van der Waals surface area contributed by atoms with E-state index in [0.717, 1.165) is 17.1 Å². The van der Waals surface area contributed by atoms with Gasteiger partial charge in [-0.05, 0) is 92.5 Å². The van der Waals surface area contributed by atoms with E-state index in [1.54, 1.807) is 0 Å². The summed E-state index contributed by atoms with van der Waals surface area (Å²) >= 11 is 1.87. The van der Waals surface area contributed by atoms with E-state index in [1.165, 1.54) is 75.8 Å². The summed E-state index contributed by atoms with van der Waals surface area (Å²) in [4.78, 5) is 2.49. The summed E-state index contributed by atoms with van der Waals surface area (Å²) in [5.74, 6) is 0. The molecule has 1 aliphatic carbocycles. The van der Waals surface area contributed by atoms with E-state index in [-0.39, 0.29) is 0 Å². The van der Waals surface area contributed by atoms with E-state index in [9.17, 15) is 0 Å². The molecule has 57 heavy (non-hydrogen) atoms. The van der Waals surface area contributed by atoms with Crippen LogP contribution in [-0.2, 0) is 5.41 Å². The third-order valence-electron chi connectivity index (χ3n) is 11.8. The Labute approximate surface area is 337 Å². The standard InChI is InChI=1S/C55H37NS/c1-5-19-38(20-6-1)43-29-17-32-50(53(43)47-30-18-34-52-54(47)46-28-14-16-33-51(46)57-52)56(41-25-11-4-12-26-41)42-35-36-45-44-27-13-15-31-48(44)55(49(45)37-42,39-21-7-2-8-22-39)40-23-9-3-10-24-40/h1-37H. The second kappa shape index (κ2) is 13.6. The Bertz CT molecular complexity index is 3020. The molecule has 0 bridgehead atoms. The Balaban J connectivity index is 1.24. The second-order valence-electron chi connectivity index (χ2n) is 14.8. The first-order chi connectivity index (χ1) is 28.3. The fraction of sp³-hybridized carbons (Fsp3) is 0.0182. The molecule has 0 aliphatic heterocycles. The summed E-state index contributed by atoms with van der Waals surface area (Å²) in [7, 11) is 0. The predicted molar refractivity (Wildman–Crippen MR) is 242 cm³/mol. The van der Waals surface area contributed by atoms with Gasteiger partial charge < -0.3 is 4.90 Å². The Morgan fingerprint density at radius 2 is 0.930 bits per heavy atom. The maximum Gasteiger partial charge on any atom is 0.0714 e. The van der Waals surface area contributed by atoms with E-state index in [2.05, 4.69) is 229 Å². The molecule has 0 amide bonds. The maximum atomic E-state index is 2.49. The number of para-hydroxylation sites is 1. The number of hydrogen-bond donors (Lipinski definition) is 0. The van der Waals surface area contributed by atoms with Gasteiger partial charge in [0.25, 0.3) is 0 Å². The zero-order valence-corrected chi connectivity index (χ0v) is 32.0. The highest BCUT2D eigenvalue weighted by Gasteiger charge is 2.46. The minimum Gasteiger partial charge on any atom is -0.310 e. The molecule has 9 aromatic carbocycles. The smallest absolute Gasteiger partial charge is 0.0714 e. The second-order valence-corrected chi connectivity index (χ2v) is 15.9. The van der Waals surface area contributed by atoms with Gasteiger partial charge in [-0.2, -0.15) is 0 Å². The van der Waals surface area contributed by atoms with E-state index < -0.39 is 5.41 Å². The van der Waals surface area contributed by atoms with Gasteiger partial charge in [-0.15, -0.1) is 11.3 Å². The number of hydrogen-bond acceptors (Lipinski definition) is 2. The van der Waals surface area contributed by atoms with Crippen molar-refractivity contribution >= 4 is 48.6 Å². The van der Waals surface area contributed by atoms with Crippen LogP contribution in [0.25, 0.3) is 53.6 Å². The Morgan fingerprint density at radius 1 is 0.368 bits per heavy atom. The molecular formula is C55H37NS. The van der Waals surface area contributed by atoms with Crippen LogP contribution in [0, 0.1) is 0 Å². The highest BCUT2D eigenvalue weighted by atomic mass is 32.1. The first-order valence-corrected chi connectivity index (χ1v) is 20.4. The quantitative estimate of drug-likeness (QED) is 0.157. The molecule has 268 valence electrons. The molecule has 0 radical (unpaired) electrons. The van der Waals surface area contributed by atoms with Crippen molar-refractivity contribution in [2.24, 2.45) is 0 Å². The van der Waals surface area contributed by atoms with Gasteiger partial charge >= 0.3 is 0 Å². The average molecular weight is 744 g/mol. The summed E-state index contributed by atoms with van der Waals surface area (Å²) in [5.41, 5.74) is 15.3. The molecule has 0 unspecified atom stereocenters. The maximum absolute atomic E-state index is 2.49. The van der Waals surface area contributed by atoms with Crippen LogP contribution < -0.4 is 4.90 Å². The summed E-state index contributed by atoms with van der Waals surface area (Å²) in [6.07, 6.45) is 0. The van der Waals surface area contributed by atoms with Crippen LogP contribution in [0.15, 0.2) is 224 Å². The van der Waals surface area contributed by atoms with Gasteiger partial charge in [0.2, 0.25) is 0 Å². The van der Waals surface area contributed by atoms with Crippen molar-refractivity contribution in [2.75, 3.05) is 4.90 Å². The summed E-state index contributed by atoms with van der Waals surface area (Å²) in [6, 6.07) is 82.6. The Kier molecular flexibility index (Phi) is 7.98. The zero-order valence-electron chi connectivity index (χ0n) is 31.2. The number of nitrogens with zero attached hydrogens (tertiary/aromatic N) is 1. The molecule has 0 fully saturated rings. The van der Waals surface area contributed by atoms with Crippen molar-refractivity contribution < 1.29 is 0 Å². The Morgan fingerprint density at radius 3 is 1.68 bits per heavy atom. The molecule has 0 N–H and O–H groups in total. The molecular weight excluding hydrogens is 707 g/mol. The van der Waals surface area contributed by atoms with Crippen molar-refractivity contribution in [2.45, 2.75) is 5.41 Å². The SMILES string of the molecule is c1ccc(-c2cccc(N(c3ccccc3)c3ccc4c(c3)C(c3ccccc3)(c3ccccc3)c3ccccc3-4)c2-c2cccc3sc4ccccc4c23)cc1. The molecule has 1 aliphatic rings. The first-order valence-electron chi connectivity index (χ1n) is 19.6. The van der Waals surface area contributed by atoms with Crippen LogP contribution in [-0.4, -0.2) is 0 Å². The predicted octanol–water partition coefficient (Wildman–Crippen LogP) is 15.2. The number of benzene rings is 9. The minimum atomic E-state index is -0.511. The number of anilines is 3. The Hall–Kier alpha value is -7.00. The highest BCUT2D eigenvalue weighted by molar-refractivity contribution is 7.25. The fourth-order valence-electron chi connectivity index (χ4n) is 9.43. The van der Waals surface area contributed by atoms with Crippen LogP contribution >= 0.6 is 11.3 Å². The minimum absolute atomic E-state index is 0.511. The lowest BCUT2D eigenvalue weighted by molar-refractivity contribution is 0.768. The molecule has 1 nitrogen and oxygen atoms in total. The van der Waals surface area contributed by atoms with Crippen LogP contribution in [0.5, 0.6) is 0 Å². The number of thiophene rings is 1. The van der Waals surface area contributed by atoms with Crippen molar-refractivity contribution in [1.82, 2.24) is 0 Å². The average Bonchev–Trinajstić information content (AvgIpc) is 3.82. The van der Waals surface area contributed by atoms with Crippen molar-refractivity contribution in [1.29, 1.82) is 0 Å². The molecule has 0 saturated carbocycles. The first kappa shape index (κ1) is 33.3. The molecule has 2 heteroatoms. The van der Waals surface area contributed by atoms with Crippen molar-refractivity contribution in [3.8, 4) is 33.4 Å². The molecule has 0 saturated heterocycles. The van der Waals surface area contributed by atoms with Crippen LogP contribution in [0.4, 0.5) is 17.1 Å². The van der Waals surface area contributed by atoms with Crippen molar-refractivity contribution in [3.63, 3.8) is 0 Å². The van der Waals surface area contributed by atoms with Gasteiger partial charge in [-0.3, -0.25) is 0 Å². The highest BCUT2D eigenvalue weighted by Crippen LogP contribution is 2.58. The van der Waals surface area contributed by atoms with E-state index in [1.807, 2.05) is 11.3 Å². The lowest BCUT2D eigenvalue weighted by Crippen LogP contribution is -2.28. The molecule has 1 heterocycles.